The van der Waals surface area contributed by atoms with Crippen LogP contribution in [0.5, 0.6) is 0 Å². The maximum Gasteiger partial charge on any atom is 0.104 e. The second-order valence-corrected chi connectivity index (χ2v) is 5.05. The maximum atomic E-state index is 5.59. The zero-order chi connectivity index (χ0) is 12.2. The van der Waals surface area contributed by atoms with E-state index in [-0.39, 0.29) is 0 Å². The molecule has 3 heterocycles. The van der Waals surface area contributed by atoms with Crippen molar-refractivity contribution >= 4 is 0 Å². The largest absolute Gasteiger partial charge is 0.373 e. The Morgan fingerprint density at radius 2 is 1.33 bits per heavy atom. The second kappa shape index (κ2) is 6.27. The van der Waals surface area contributed by atoms with Gasteiger partial charge in [0.25, 0.3) is 0 Å². The first-order valence-corrected chi connectivity index (χ1v) is 6.63. The van der Waals surface area contributed by atoms with Crippen molar-refractivity contribution in [3.63, 3.8) is 0 Å². The SMILES string of the molecule is C(CN(COCC1CO1)COCC1CO1)C1CO1. The molecule has 6 nitrogen and oxygen atoms in total. The van der Waals surface area contributed by atoms with Crippen LogP contribution in [0.2, 0.25) is 0 Å². The third-order valence-corrected chi connectivity index (χ3v) is 3.13. The van der Waals surface area contributed by atoms with Gasteiger partial charge in [0.15, 0.2) is 0 Å². The highest BCUT2D eigenvalue weighted by atomic mass is 16.6. The summed E-state index contributed by atoms with van der Waals surface area (Å²) in [6.07, 6.45) is 2.14. The molecule has 0 radical (unpaired) electrons. The van der Waals surface area contributed by atoms with E-state index in [0.717, 1.165) is 32.8 Å². The van der Waals surface area contributed by atoms with Crippen LogP contribution in [0.4, 0.5) is 0 Å². The van der Waals surface area contributed by atoms with Crippen molar-refractivity contribution in [3.8, 4) is 0 Å². The molecule has 3 rings (SSSR count). The lowest BCUT2D eigenvalue weighted by molar-refractivity contribution is -0.0509. The van der Waals surface area contributed by atoms with Crippen LogP contribution in [0.25, 0.3) is 0 Å². The van der Waals surface area contributed by atoms with Crippen molar-refractivity contribution in [2.45, 2.75) is 24.7 Å². The van der Waals surface area contributed by atoms with E-state index < -0.39 is 0 Å². The maximum absolute atomic E-state index is 5.59. The molecule has 3 unspecified atom stereocenters. The highest BCUT2D eigenvalue weighted by Crippen LogP contribution is 2.15. The molecule has 6 heteroatoms. The Morgan fingerprint density at radius 1 is 0.833 bits per heavy atom. The Kier molecular flexibility index (Phi) is 4.45. The number of rotatable bonds is 11. The minimum Gasteiger partial charge on any atom is -0.373 e. The van der Waals surface area contributed by atoms with Crippen molar-refractivity contribution < 1.29 is 23.7 Å². The number of nitrogens with zero attached hydrogens (tertiary/aromatic N) is 1. The Balaban J connectivity index is 1.28. The van der Waals surface area contributed by atoms with Gasteiger partial charge in [-0.25, -0.2) is 0 Å². The van der Waals surface area contributed by atoms with E-state index in [1.54, 1.807) is 0 Å². The van der Waals surface area contributed by atoms with E-state index in [9.17, 15) is 0 Å². The van der Waals surface area contributed by atoms with Crippen LogP contribution in [0.1, 0.15) is 6.42 Å². The lowest BCUT2D eigenvalue weighted by atomic mass is 10.3. The van der Waals surface area contributed by atoms with Gasteiger partial charge in [-0.1, -0.05) is 0 Å². The van der Waals surface area contributed by atoms with Gasteiger partial charge in [0.1, 0.15) is 25.7 Å². The Morgan fingerprint density at radius 3 is 1.78 bits per heavy atom. The topological polar surface area (TPSA) is 59.3 Å². The smallest absolute Gasteiger partial charge is 0.104 e. The van der Waals surface area contributed by atoms with Crippen LogP contribution in [0, 0.1) is 0 Å². The molecular formula is C12H21NO5. The molecule has 3 aliphatic rings. The summed E-state index contributed by atoms with van der Waals surface area (Å²) in [5, 5.41) is 0. The standard InChI is InChI=1S/C12H21NO5/c1(10-5-16-10)2-13(8-14-3-11-6-17-11)9-15-4-12-7-18-12/h10-12H,1-9H2. The van der Waals surface area contributed by atoms with Crippen LogP contribution in [0.3, 0.4) is 0 Å². The molecule has 0 saturated carbocycles. The molecule has 0 aromatic carbocycles. The van der Waals surface area contributed by atoms with Crippen LogP contribution in [-0.2, 0) is 23.7 Å². The molecule has 0 aromatic heterocycles. The molecule has 0 N–H and O–H groups in total. The van der Waals surface area contributed by atoms with Crippen molar-refractivity contribution in [1.29, 1.82) is 0 Å². The highest BCUT2D eigenvalue weighted by Gasteiger charge is 2.26. The Hall–Kier alpha value is -0.240. The first-order chi connectivity index (χ1) is 8.90. The molecule has 0 bridgehead atoms. The zero-order valence-corrected chi connectivity index (χ0v) is 10.6. The number of epoxide rings is 3. The van der Waals surface area contributed by atoms with Gasteiger partial charge in [-0.3, -0.25) is 4.90 Å². The van der Waals surface area contributed by atoms with Gasteiger partial charge >= 0.3 is 0 Å². The lowest BCUT2D eigenvalue weighted by Crippen LogP contribution is -2.32. The lowest BCUT2D eigenvalue weighted by Gasteiger charge is -2.21. The number of hydrogen-bond acceptors (Lipinski definition) is 6. The van der Waals surface area contributed by atoms with Gasteiger partial charge in [-0.05, 0) is 6.42 Å². The summed E-state index contributed by atoms with van der Waals surface area (Å²) >= 11 is 0. The molecule has 3 fully saturated rings. The summed E-state index contributed by atoms with van der Waals surface area (Å²) in [4.78, 5) is 2.16. The third kappa shape index (κ3) is 5.17. The van der Waals surface area contributed by atoms with E-state index in [1.165, 1.54) is 0 Å². The predicted octanol–water partition coefficient (Wildman–Crippen LogP) is -0.177. The number of ether oxygens (including phenoxy) is 5. The van der Waals surface area contributed by atoms with Crippen LogP contribution < -0.4 is 0 Å². The van der Waals surface area contributed by atoms with Crippen molar-refractivity contribution in [2.75, 3.05) is 53.0 Å². The van der Waals surface area contributed by atoms with Gasteiger partial charge in [0.05, 0.1) is 39.1 Å². The molecule has 0 amide bonds. The highest BCUT2D eigenvalue weighted by molar-refractivity contribution is 4.71. The molecule has 3 atom stereocenters. The van der Waals surface area contributed by atoms with Gasteiger partial charge in [0.2, 0.25) is 0 Å². The quantitative estimate of drug-likeness (QED) is 0.379. The molecule has 3 saturated heterocycles. The molecule has 0 spiro atoms. The van der Waals surface area contributed by atoms with Crippen LogP contribution >= 0.6 is 0 Å². The number of hydrogen-bond donors (Lipinski definition) is 0. The van der Waals surface area contributed by atoms with Crippen LogP contribution in [0.15, 0.2) is 0 Å². The molecular weight excluding hydrogens is 238 g/mol. The second-order valence-electron chi connectivity index (χ2n) is 5.05. The molecule has 0 aromatic rings. The summed E-state index contributed by atoms with van der Waals surface area (Å²) < 4.78 is 26.6. The Bertz CT molecular complexity index is 235. The van der Waals surface area contributed by atoms with E-state index in [0.29, 0.717) is 45.0 Å². The fraction of sp³-hybridized carbons (Fsp3) is 1.00. The fourth-order valence-corrected chi connectivity index (χ4v) is 1.68. The molecule has 3 aliphatic heterocycles. The van der Waals surface area contributed by atoms with E-state index in [2.05, 4.69) is 4.90 Å². The monoisotopic (exact) mass is 259 g/mol. The molecule has 0 aliphatic carbocycles. The summed E-state index contributed by atoms with van der Waals surface area (Å²) in [6, 6.07) is 0. The molecule has 104 valence electrons. The van der Waals surface area contributed by atoms with Crippen LogP contribution in [-0.4, -0.2) is 76.3 Å². The average Bonchev–Trinajstić information content (AvgIpc) is 3.23. The van der Waals surface area contributed by atoms with Crippen molar-refractivity contribution in [2.24, 2.45) is 0 Å². The zero-order valence-electron chi connectivity index (χ0n) is 10.6. The fourth-order valence-electron chi connectivity index (χ4n) is 1.68. The average molecular weight is 259 g/mol. The van der Waals surface area contributed by atoms with Gasteiger partial charge in [-0.15, -0.1) is 0 Å². The van der Waals surface area contributed by atoms with E-state index in [1.807, 2.05) is 0 Å². The van der Waals surface area contributed by atoms with E-state index in [4.69, 9.17) is 23.7 Å². The third-order valence-electron chi connectivity index (χ3n) is 3.13. The minimum absolute atomic E-state index is 0.319. The predicted molar refractivity (Wildman–Crippen MR) is 62.2 cm³/mol. The first kappa shape index (κ1) is 12.8. The van der Waals surface area contributed by atoms with Gasteiger partial charge < -0.3 is 23.7 Å². The Labute approximate surface area is 107 Å². The molecule has 18 heavy (non-hydrogen) atoms. The van der Waals surface area contributed by atoms with Gasteiger partial charge in [0, 0.05) is 6.54 Å². The van der Waals surface area contributed by atoms with Crippen molar-refractivity contribution in [1.82, 2.24) is 4.90 Å². The summed E-state index contributed by atoms with van der Waals surface area (Å²) in [5.41, 5.74) is 0. The van der Waals surface area contributed by atoms with Crippen molar-refractivity contribution in [3.05, 3.63) is 0 Å². The normalized spacial score (nSPS) is 32.8. The van der Waals surface area contributed by atoms with Gasteiger partial charge in [-0.2, -0.15) is 0 Å². The summed E-state index contributed by atoms with van der Waals surface area (Å²) in [6.45, 7) is 6.08. The summed E-state index contributed by atoms with van der Waals surface area (Å²) in [5.74, 6) is 0. The minimum atomic E-state index is 0.319. The van der Waals surface area contributed by atoms with E-state index >= 15 is 0 Å². The first-order valence-electron chi connectivity index (χ1n) is 6.63. The summed E-state index contributed by atoms with van der Waals surface area (Å²) in [7, 11) is 0.